The van der Waals surface area contributed by atoms with E-state index >= 15 is 0 Å². The molecule has 0 aromatic heterocycles. The van der Waals surface area contributed by atoms with Crippen molar-refractivity contribution in [2.24, 2.45) is 0 Å². The van der Waals surface area contributed by atoms with Crippen molar-refractivity contribution in [2.45, 2.75) is 76.0 Å². The average molecular weight is 386 g/mol. The second-order valence-electron chi connectivity index (χ2n) is 6.50. The summed E-state index contributed by atoms with van der Waals surface area (Å²) in [4.78, 5) is 9.80. The van der Waals surface area contributed by atoms with Crippen molar-refractivity contribution in [3.63, 3.8) is 0 Å². The maximum atomic E-state index is 11.1. The average Bonchev–Trinajstić information content (AvgIpc) is 2.58. The SMILES string of the molecule is CCCCCCCCCCCCNc1ccc(S(=O)(=O)[O-])cc1[N+](=O)[O-]. The first-order chi connectivity index (χ1) is 12.4. The lowest BCUT2D eigenvalue weighted by molar-refractivity contribution is -0.384. The van der Waals surface area contributed by atoms with Gasteiger partial charge in [0.1, 0.15) is 15.8 Å². The zero-order valence-electron chi connectivity index (χ0n) is 15.4. The third-order valence-electron chi connectivity index (χ3n) is 4.30. The van der Waals surface area contributed by atoms with Gasteiger partial charge in [-0.2, -0.15) is 0 Å². The summed E-state index contributed by atoms with van der Waals surface area (Å²) < 4.78 is 32.9. The van der Waals surface area contributed by atoms with Gasteiger partial charge in [-0.15, -0.1) is 0 Å². The van der Waals surface area contributed by atoms with Crippen LogP contribution in [0.3, 0.4) is 0 Å². The van der Waals surface area contributed by atoms with E-state index in [2.05, 4.69) is 12.2 Å². The normalized spacial score (nSPS) is 11.5. The molecule has 1 aromatic rings. The topological polar surface area (TPSA) is 112 Å². The third-order valence-corrected chi connectivity index (χ3v) is 5.13. The van der Waals surface area contributed by atoms with E-state index in [9.17, 15) is 23.1 Å². The molecule has 0 radical (unpaired) electrons. The van der Waals surface area contributed by atoms with Crippen LogP contribution in [0, 0.1) is 10.1 Å². The molecular weight excluding hydrogens is 356 g/mol. The highest BCUT2D eigenvalue weighted by atomic mass is 32.2. The molecule has 0 aliphatic carbocycles. The number of nitro groups is 1. The minimum Gasteiger partial charge on any atom is -0.744 e. The van der Waals surface area contributed by atoms with E-state index in [1.807, 2.05) is 0 Å². The van der Waals surface area contributed by atoms with Crippen LogP contribution in [0.4, 0.5) is 11.4 Å². The highest BCUT2D eigenvalue weighted by Gasteiger charge is 2.16. The Labute approximate surface area is 156 Å². The molecule has 0 amide bonds. The van der Waals surface area contributed by atoms with Crippen molar-refractivity contribution >= 4 is 21.5 Å². The van der Waals surface area contributed by atoms with Crippen molar-refractivity contribution < 1.29 is 17.9 Å². The minimum absolute atomic E-state index is 0.235. The summed E-state index contributed by atoms with van der Waals surface area (Å²) in [6.07, 6.45) is 12.1. The number of rotatable bonds is 14. The Kier molecular flexibility index (Phi) is 10.2. The first kappa shape index (κ1) is 22.4. The summed E-state index contributed by atoms with van der Waals surface area (Å²) in [5, 5.41) is 14.0. The fraction of sp³-hybridized carbons (Fsp3) is 0.667. The molecule has 0 aliphatic rings. The number of nitro benzene ring substituents is 1. The molecule has 0 unspecified atom stereocenters. The molecule has 0 heterocycles. The first-order valence-electron chi connectivity index (χ1n) is 9.34. The number of unbranched alkanes of at least 4 members (excludes halogenated alkanes) is 9. The molecule has 0 spiro atoms. The van der Waals surface area contributed by atoms with Gasteiger partial charge in [-0.3, -0.25) is 10.1 Å². The smallest absolute Gasteiger partial charge is 0.293 e. The van der Waals surface area contributed by atoms with E-state index in [0.29, 0.717) is 6.54 Å². The Hall–Kier alpha value is -1.67. The van der Waals surface area contributed by atoms with E-state index in [0.717, 1.165) is 31.4 Å². The summed E-state index contributed by atoms with van der Waals surface area (Å²) in [7, 11) is -4.70. The van der Waals surface area contributed by atoms with Crippen molar-refractivity contribution in [3.05, 3.63) is 28.3 Å². The molecule has 1 aromatic carbocycles. The molecule has 26 heavy (non-hydrogen) atoms. The van der Waals surface area contributed by atoms with Gasteiger partial charge in [0, 0.05) is 12.6 Å². The predicted octanol–water partition coefficient (Wildman–Crippen LogP) is 4.83. The van der Waals surface area contributed by atoms with E-state index in [1.54, 1.807) is 0 Å². The van der Waals surface area contributed by atoms with Crippen LogP contribution in [-0.2, 0) is 10.1 Å². The molecule has 0 fully saturated rings. The quantitative estimate of drug-likeness (QED) is 0.212. The molecule has 8 heteroatoms. The summed E-state index contributed by atoms with van der Waals surface area (Å²) in [5.41, 5.74) is -0.160. The first-order valence-corrected chi connectivity index (χ1v) is 10.7. The number of nitrogens with one attached hydrogen (secondary N) is 1. The Morgan fingerprint density at radius 1 is 0.962 bits per heavy atom. The molecular formula is C18H29N2O5S-. The summed E-state index contributed by atoms with van der Waals surface area (Å²) in [6.45, 7) is 2.78. The van der Waals surface area contributed by atoms with Gasteiger partial charge in [-0.1, -0.05) is 64.7 Å². The minimum atomic E-state index is -4.70. The highest BCUT2D eigenvalue weighted by molar-refractivity contribution is 7.85. The van der Waals surface area contributed by atoms with Crippen LogP contribution in [-0.4, -0.2) is 24.4 Å². The maximum Gasteiger partial charge on any atom is 0.293 e. The summed E-state index contributed by atoms with van der Waals surface area (Å²) in [5.74, 6) is 0. The van der Waals surface area contributed by atoms with Gasteiger partial charge >= 0.3 is 0 Å². The lowest BCUT2D eigenvalue weighted by Gasteiger charge is -2.10. The molecule has 148 valence electrons. The van der Waals surface area contributed by atoms with E-state index < -0.39 is 25.6 Å². The number of hydrogen-bond donors (Lipinski definition) is 1. The Balaban J connectivity index is 2.30. The lowest BCUT2D eigenvalue weighted by Crippen LogP contribution is -2.06. The van der Waals surface area contributed by atoms with Crippen LogP contribution in [0.5, 0.6) is 0 Å². The molecule has 0 aliphatic heterocycles. The van der Waals surface area contributed by atoms with Crippen molar-refractivity contribution in [3.8, 4) is 0 Å². The molecule has 1 rings (SSSR count). The summed E-state index contributed by atoms with van der Waals surface area (Å²) in [6, 6.07) is 3.18. The zero-order chi connectivity index (χ0) is 19.4. The number of nitrogens with zero attached hydrogens (tertiary/aromatic N) is 1. The van der Waals surface area contributed by atoms with E-state index in [1.165, 1.54) is 51.0 Å². The number of anilines is 1. The standard InChI is InChI=1S/C18H30N2O5S/c1-2-3-4-5-6-7-8-9-10-11-14-19-17-13-12-16(26(23,24)25)15-18(17)20(21)22/h12-13,15,19H,2-11,14H2,1H3,(H,23,24,25)/p-1. The van der Waals surface area contributed by atoms with Gasteiger partial charge in [0.15, 0.2) is 0 Å². The van der Waals surface area contributed by atoms with Crippen LogP contribution in [0.15, 0.2) is 23.1 Å². The third kappa shape index (κ3) is 8.62. The second kappa shape index (κ2) is 11.9. The van der Waals surface area contributed by atoms with Crippen molar-refractivity contribution in [2.75, 3.05) is 11.9 Å². The van der Waals surface area contributed by atoms with Gasteiger partial charge in [0.05, 0.1) is 9.82 Å². The summed E-state index contributed by atoms with van der Waals surface area (Å²) >= 11 is 0. The molecule has 1 N–H and O–H groups in total. The fourth-order valence-corrected chi connectivity index (χ4v) is 3.29. The van der Waals surface area contributed by atoms with Gasteiger partial charge in [-0.25, -0.2) is 8.42 Å². The molecule has 7 nitrogen and oxygen atoms in total. The molecule has 0 atom stereocenters. The number of benzene rings is 1. The zero-order valence-corrected chi connectivity index (χ0v) is 16.2. The van der Waals surface area contributed by atoms with Crippen molar-refractivity contribution in [1.29, 1.82) is 0 Å². The Bertz CT molecular complexity index is 662. The predicted molar refractivity (Wildman–Crippen MR) is 101 cm³/mol. The monoisotopic (exact) mass is 385 g/mol. The van der Waals surface area contributed by atoms with Gasteiger partial charge < -0.3 is 9.87 Å². The van der Waals surface area contributed by atoms with Crippen LogP contribution < -0.4 is 5.32 Å². The largest absolute Gasteiger partial charge is 0.744 e. The lowest BCUT2D eigenvalue weighted by atomic mass is 10.1. The number of hydrogen-bond acceptors (Lipinski definition) is 6. The fourth-order valence-electron chi connectivity index (χ4n) is 2.80. The van der Waals surface area contributed by atoms with Crippen LogP contribution in [0.2, 0.25) is 0 Å². The van der Waals surface area contributed by atoms with Gasteiger partial charge in [0.25, 0.3) is 5.69 Å². The molecule has 0 saturated carbocycles. The van der Waals surface area contributed by atoms with Gasteiger partial charge in [0.2, 0.25) is 0 Å². The molecule has 0 saturated heterocycles. The van der Waals surface area contributed by atoms with Gasteiger partial charge in [-0.05, 0) is 18.6 Å². The van der Waals surface area contributed by atoms with Crippen LogP contribution in [0.25, 0.3) is 0 Å². The maximum absolute atomic E-state index is 11.1. The van der Waals surface area contributed by atoms with Crippen LogP contribution >= 0.6 is 0 Å². The second-order valence-corrected chi connectivity index (χ2v) is 7.88. The Morgan fingerprint density at radius 3 is 2.00 bits per heavy atom. The van der Waals surface area contributed by atoms with Crippen molar-refractivity contribution in [1.82, 2.24) is 0 Å². The highest BCUT2D eigenvalue weighted by Crippen LogP contribution is 2.27. The van der Waals surface area contributed by atoms with E-state index in [4.69, 9.17) is 0 Å². The molecule has 0 bridgehead atoms. The van der Waals surface area contributed by atoms with Crippen LogP contribution in [0.1, 0.15) is 71.1 Å². The van der Waals surface area contributed by atoms with E-state index in [-0.39, 0.29) is 5.69 Å². The Morgan fingerprint density at radius 2 is 1.50 bits per heavy atom.